The van der Waals surface area contributed by atoms with Gasteiger partial charge in [0.15, 0.2) is 0 Å². The van der Waals surface area contributed by atoms with E-state index in [2.05, 4.69) is 24.3 Å². The highest BCUT2D eigenvalue weighted by Crippen LogP contribution is 2.14. The molecule has 0 fully saturated rings. The molecule has 0 saturated carbocycles. The van der Waals surface area contributed by atoms with Crippen molar-refractivity contribution in [2.75, 3.05) is 11.9 Å². The monoisotopic (exact) mass is 209 g/mol. The Morgan fingerprint density at radius 3 is 2.80 bits per heavy atom. The van der Waals surface area contributed by atoms with Crippen molar-refractivity contribution in [2.24, 2.45) is 13.0 Å². The first-order chi connectivity index (χ1) is 7.26. The standard InChI is InChI=1S/C12H23N3/c1-4-6-7-11(5-2)8-13-12-9-14-15(3)10-12/h9-11,13H,4-8H2,1-3H3. The summed E-state index contributed by atoms with van der Waals surface area (Å²) in [7, 11) is 1.94. The van der Waals surface area contributed by atoms with Crippen LogP contribution in [0.4, 0.5) is 5.69 Å². The van der Waals surface area contributed by atoms with Crippen molar-refractivity contribution in [1.29, 1.82) is 0 Å². The Labute approximate surface area is 92.9 Å². The fraction of sp³-hybridized carbons (Fsp3) is 0.750. The van der Waals surface area contributed by atoms with Crippen LogP contribution in [0.5, 0.6) is 0 Å². The second-order valence-corrected chi connectivity index (χ2v) is 4.20. The number of aryl methyl sites for hydroxylation is 1. The number of hydrogen-bond acceptors (Lipinski definition) is 2. The Morgan fingerprint density at radius 1 is 1.47 bits per heavy atom. The van der Waals surface area contributed by atoms with E-state index < -0.39 is 0 Å². The van der Waals surface area contributed by atoms with Crippen LogP contribution in [0.25, 0.3) is 0 Å². The molecule has 0 bridgehead atoms. The maximum absolute atomic E-state index is 4.14. The van der Waals surface area contributed by atoms with Crippen molar-refractivity contribution in [3.8, 4) is 0 Å². The van der Waals surface area contributed by atoms with Crippen LogP contribution in [-0.2, 0) is 7.05 Å². The van der Waals surface area contributed by atoms with Crippen LogP contribution in [-0.4, -0.2) is 16.3 Å². The summed E-state index contributed by atoms with van der Waals surface area (Å²) in [6, 6.07) is 0. The average molecular weight is 209 g/mol. The van der Waals surface area contributed by atoms with Gasteiger partial charge in [0.05, 0.1) is 11.9 Å². The zero-order valence-corrected chi connectivity index (χ0v) is 10.2. The lowest BCUT2D eigenvalue weighted by Crippen LogP contribution is -2.13. The SMILES string of the molecule is CCCCC(CC)CNc1cnn(C)c1. The lowest BCUT2D eigenvalue weighted by Gasteiger charge is -2.14. The second kappa shape index (κ2) is 6.49. The molecule has 0 amide bonds. The van der Waals surface area contributed by atoms with E-state index in [1.54, 1.807) is 0 Å². The molecule has 86 valence electrons. The van der Waals surface area contributed by atoms with Crippen LogP contribution in [0.15, 0.2) is 12.4 Å². The highest BCUT2D eigenvalue weighted by atomic mass is 15.3. The van der Waals surface area contributed by atoms with Gasteiger partial charge in [0, 0.05) is 19.8 Å². The molecule has 15 heavy (non-hydrogen) atoms. The molecule has 1 unspecified atom stereocenters. The molecule has 0 aliphatic heterocycles. The summed E-state index contributed by atoms with van der Waals surface area (Å²) in [5, 5.41) is 7.58. The van der Waals surface area contributed by atoms with E-state index >= 15 is 0 Å². The van der Waals surface area contributed by atoms with E-state index in [1.807, 2.05) is 24.1 Å². The Bertz CT molecular complexity index is 268. The van der Waals surface area contributed by atoms with Crippen molar-refractivity contribution in [3.63, 3.8) is 0 Å². The number of rotatable bonds is 7. The summed E-state index contributed by atoms with van der Waals surface area (Å²) in [5.74, 6) is 0.796. The molecule has 0 aliphatic rings. The third-order valence-corrected chi connectivity index (χ3v) is 2.84. The fourth-order valence-corrected chi connectivity index (χ4v) is 1.72. The predicted octanol–water partition coefficient (Wildman–Crippen LogP) is 3.05. The van der Waals surface area contributed by atoms with Gasteiger partial charge in [-0.1, -0.05) is 33.1 Å². The van der Waals surface area contributed by atoms with Gasteiger partial charge in [0.1, 0.15) is 0 Å². The summed E-state index contributed by atoms with van der Waals surface area (Å²) in [6.45, 7) is 5.59. The zero-order valence-electron chi connectivity index (χ0n) is 10.2. The maximum Gasteiger partial charge on any atom is 0.0726 e. The van der Waals surface area contributed by atoms with Gasteiger partial charge in [-0.05, 0) is 12.3 Å². The molecule has 1 atom stereocenters. The molecule has 3 nitrogen and oxygen atoms in total. The van der Waals surface area contributed by atoms with Gasteiger partial charge >= 0.3 is 0 Å². The highest BCUT2D eigenvalue weighted by Gasteiger charge is 2.05. The van der Waals surface area contributed by atoms with Crippen molar-refractivity contribution in [2.45, 2.75) is 39.5 Å². The first kappa shape index (κ1) is 12.1. The van der Waals surface area contributed by atoms with Crippen molar-refractivity contribution in [1.82, 2.24) is 9.78 Å². The van der Waals surface area contributed by atoms with E-state index in [0.29, 0.717) is 0 Å². The number of anilines is 1. The Kier molecular flexibility index (Phi) is 5.22. The van der Waals surface area contributed by atoms with Gasteiger partial charge in [-0.3, -0.25) is 4.68 Å². The van der Waals surface area contributed by atoms with E-state index in [0.717, 1.165) is 18.2 Å². The molecule has 1 N–H and O–H groups in total. The molecule has 0 saturated heterocycles. The molecule has 0 aliphatic carbocycles. The Hall–Kier alpha value is -0.990. The second-order valence-electron chi connectivity index (χ2n) is 4.20. The number of unbranched alkanes of at least 4 members (excludes halogenated alkanes) is 1. The largest absolute Gasteiger partial charge is 0.382 e. The number of aromatic nitrogens is 2. The van der Waals surface area contributed by atoms with Gasteiger partial charge in [-0.25, -0.2) is 0 Å². The molecular formula is C12H23N3. The fourth-order valence-electron chi connectivity index (χ4n) is 1.72. The lowest BCUT2D eigenvalue weighted by molar-refractivity contribution is 0.473. The molecule has 1 aromatic heterocycles. The van der Waals surface area contributed by atoms with Crippen molar-refractivity contribution >= 4 is 5.69 Å². The summed E-state index contributed by atoms with van der Waals surface area (Å²) in [6.07, 6.45) is 9.13. The molecule has 1 heterocycles. The summed E-state index contributed by atoms with van der Waals surface area (Å²) < 4.78 is 1.83. The van der Waals surface area contributed by atoms with Gasteiger partial charge in [0.2, 0.25) is 0 Å². The normalized spacial score (nSPS) is 12.7. The number of nitrogens with one attached hydrogen (secondary N) is 1. The van der Waals surface area contributed by atoms with E-state index in [9.17, 15) is 0 Å². The predicted molar refractivity (Wildman–Crippen MR) is 65.0 cm³/mol. The Balaban J connectivity index is 2.27. The number of nitrogens with zero attached hydrogens (tertiary/aromatic N) is 2. The molecule has 1 aromatic rings. The maximum atomic E-state index is 4.14. The van der Waals surface area contributed by atoms with Crippen molar-refractivity contribution < 1.29 is 0 Å². The highest BCUT2D eigenvalue weighted by molar-refractivity contribution is 5.37. The first-order valence-electron chi connectivity index (χ1n) is 5.98. The van der Waals surface area contributed by atoms with Gasteiger partial charge in [-0.15, -0.1) is 0 Å². The average Bonchev–Trinajstić information content (AvgIpc) is 2.65. The summed E-state index contributed by atoms with van der Waals surface area (Å²) in [4.78, 5) is 0. The minimum atomic E-state index is 0.796. The minimum Gasteiger partial charge on any atom is -0.382 e. The first-order valence-corrected chi connectivity index (χ1v) is 5.98. The smallest absolute Gasteiger partial charge is 0.0726 e. The van der Waals surface area contributed by atoms with E-state index in [1.165, 1.54) is 25.7 Å². The lowest BCUT2D eigenvalue weighted by atomic mass is 9.99. The van der Waals surface area contributed by atoms with Gasteiger partial charge in [-0.2, -0.15) is 5.10 Å². The molecule has 0 spiro atoms. The molecule has 1 rings (SSSR count). The third-order valence-electron chi connectivity index (χ3n) is 2.84. The number of hydrogen-bond donors (Lipinski definition) is 1. The summed E-state index contributed by atoms with van der Waals surface area (Å²) in [5.41, 5.74) is 1.13. The van der Waals surface area contributed by atoms with Gasteiger partial charge < -0.3 is 5.32 Å². The van der Waals surface area contributed by atoms with Crippen LogP contribution in [0.2, 0.25) is 0 Å². The Morgan fingerprint density at radius 2 is 2.27 bits per heavy atom. The molecule has 3 heteroatoms. The summed E-state index contributed by atoms with van der Waals surface area (Å²) >= 11 is 0. The minimum absolute atomic E-state index is 0.796. The third kappa shape index (κ3) is 4.36. The molecule has 0 aromatic carbocycles. The zero-order chi connectivity index (χ0) is 11.1. The van der Waals surface area contributed by atoms with Crippen LogP contribution in [0.1, 0.15) is 39.5 Å². The van der Waals surface area contributed by atoms with E-state index in [4.69, 9.17) is 0 Å². The molecular weight excluding hydrogens is 186 g/mol. The quantitative estimate of drug-likeness (QED) is 0.748. The van der Waals surface area contributed by atoms with Gasteiger partial charge in [0.25, 0.3) is 0 Å². The molecule has 0 radical (unpaired) electrons. The van der Waals surface area contributed by atoms with Crippen LogP contribution in [0, 0.1) is 5.92 Å². The van der Waals surface area contributed by atoms with Crippen LogP contribution < -0.4 is 5.32 Å². The topological polar surface area (TPSA) is 29.9 Å². The van der Waals surface area contributed by atoms with Crippen LogP contribution >= 0.6 is 0 Å². The van der Waals surface area contributed by atoms with E-state index in [-0.39, 0.29) is 0 Å². The van der Waals surface area contributed by atoms with Crippen molar-refractivity contribution in [3.05, 3.63) is 12.4 Å². The van der Waals surface area contributed by atoms with Crippen LogP contribution in [0.3, 0.4) is 0 Å².